The molecule has 4 atom stereocenters. The van der Waals surface area contributed by atoms with Crippen LogP contribution in [0.3, 0.4) is 0 Å². The molecule has 1 unspecified atom stereocenters. The summed E-state index contributed by atoms with van der Waals surface area (Å²) in [5, 5.41) is 8.83. The van der Waals surface area contributed by atoms with Gasteiger partial charge in [-0.05, 0) is 49.9 Å². The van der Waals surface area contributed by atoms with Crippen molar-refractivity contribution in [2.24, 2.45) is 23.2 Å². The molecule has 17 heavy (non-hydrogen) atoms. The van der Waals surface area contributed by atoms with E-state index in [0.29, 0.717) is 0 Å². The van der Waals surface area contributed by atoms with Gasteiger partial charge in [-0.25, -0.2) is 0 Å². The van der Waals surface area contributed by atoms with Crippen LogP contribution in [-0.4, -0.2) is 11.1 Å². The Morgan fingerprint density at radius 3 is 2.88 bits per heavy atom. The van der Waals surface area contributed by atoms with Crippen molar-refractivity contribution in [2.45, 2.75) is 39.5 Å². The Morgan fingerprint density at radius 1 is 1.65 bits per heavy atom. The summed E-state index contributed by atoms with van der Waals surface area (Å²) in [5.74, 6) is 0.365. The van der Waals surface area contributed by atoms with Crippen LogP contribution in [0.25, 0.3) is 0 Å². The van der Waals surface area contributed by atoms with Crippen LogP contribution in [0.2, 0.25) is 0 Å². The molecule has 2 aliphatic rings. The highest BCUT2D eigenvalue weighted by Gasteiger charge is 2.49. The average Bonchev–Trinajstić information content (AvgIpc) is 2.83. The second kappa shape index (κ2) is 4.32. The fourth-order valence-corrected chi connectivity index (χ4v) is 3.50. The SMILES string of the molecule is C=C1[C@H]2CC[C@@H](C2)[C@@]1(C)C/C=C/C(C)C(=O)O. The number of aliphatic carboxylic acids is 1. The Labute approximate surface area is 103 Å². The standard InChI is InChI=1S/C15H22O2/c1-10(14(16)17)5-4-8-15(3)11(2)12-6-7-13(15)9-12/h4-5,10,12-13H,2,6-9H2,1,3H3,(H,16,17)/b5-4+/t10?,12-,13-,15-/m0/s1. The molecule has 94 valence electrons. The lowest BCUT2D eigenvalue weighted by atomic mass is 9.69. The first kappa shape index (κ1) is 12.4. The van der Waals surface area contributed by atoms with Gasteiger partial charge in [0, 0.05) is 0 Å². The van der Waals surface area contributed by atoms with E-state index in [-0.39, 0.29) is 11.3 Å². The zero-order valence-corrected chi connectivity index (χ0v) is 10.8. The minimum Gasteiger partial charge on any atom is -0.481 e. The summed E-state index contributed by atoms with van der Waals surface area (Å²) in [6, 6.07) is 0. The lowest BCUT2D eigenvalue weighted by molar-refractivity contribution is -0.139. The van der Waals surface area contributed by atoms with Gasteiger partial charge in [0.15, 0.2) is 0 Å². The molecule has 2 fully saturated rings. The van der Waals surface area contributed by atoms with E-state index in [2.05, 4.69) is 13.5 Å². The number of hydrogen-bond donors (Lipinski definition) is 1. The molecular formula is C15H22O2. The molecule has 0 heterocycles. The summed E-state index contributed by atoms with van der Waals surface area (Å²) in [5.41, 5.74) is 1.62. The fourth-order valence-electron chi connectivity index (χ4n) is 3.50. The summed E-state index contributed by atoms with van der Waals surface area (Å²) < 4.78 is 0. The zero-order valence-electron chi connectivity index (χ0n) is 10.8. The van der Waals surface area contributed by atoms with Crippen molar-refractivity contribution < 1.29 is 9.90 Å². The van der Waals surface area contributed by atoms with Crippen molar-refractivity contribution in [1.82, 2.24) is 0 Å². The molecule has 0 aliphatic heterocycles. The maximum absolute atomic E-state index is 10.7. The van der Waals surface area contributed by atoms with E-state index in [0.717, 1.165) is 18.3 Å². The second-order valence-corrected chi connectivity index (χ2v) is 5.91. The van der Waals surface area contributed by atoms with Crippen LogP contribution < -0.4 is 0 Å². The fraction of sp³-hybridized carbons (Fsp3) is 0.667. The van der Waals surface area contributed by atoms with E-state index >= 15 is 0 Å². The summed E-state index contributed by atoms with van der Waals surface area (Å²) in [6.07, 6.45) is 8.75. The van der Waals surface area contributed by atoms with Gasteiger partial charge in [-0.1, -0.05) is 31.2 Å². The minimum atomic E-state index is -0.752. The molecule has 0 saturated heterocycles. The van der Waals surface area contributed by atoms with Crippen LogP contribution in [0.15, 0.2) is 24.3 Å². The van der Waals surface area contributed by atoms with Crippen molar-refractivity contribution in [3.05, 3.63) is 24.3 Å². The Balaban J connectivity index is 1.99. The maximum Gasteiger partial charge on any atom is 0.310 e. The third-order valence-electron chi connectivity index (χ3n) is 4.92. The molecule has 0 radical (unpaired) electrons. The van der Waals surface area contributed by atoms with Crippen molar-refractivity contribution in [2.75, 3.05) is 0 Å². The predicted octanol–water partition coefficient (Wildman–Crippen LogP) is 3.65. The van der Waals surface area contributed by atoms with E-state index in [1.54, 1.807) is 6.92 Å². The van der Waals surface area contributed by atoms with Gasteiger partial charge in [0.2, 0.25) is 0 Å². The van der Waals surface area contributed by atoms with Gasteiger partial charge in [0.25, 0.3) is 0 Å². The van der Waals surface area contributed by atoms with Gasteiger partial charge in [-0.2, -0.15) is 0 Å². The van der Waals surface area contributed by atoms with Crippen molar-refractivity contribution in [3.63, 3.8) is 0 Å². The van der Waals surface area contributed by atoms with E-state index in [9.17, 15) is 4.79 Å². The smallest absolute Gasteiger partial charge is 0.310 e. The molecule has 0 aromatic carbocycles. The highest BCUT2D eigenvalue weighted by molar-refractivity contribution is 5.71. The zero-order chi connectivity index (χ0) is 12.6. The van der Waals surface area contributed by atoms with Gasteiger partial charge in [0.1, 0.15) is 0 Å². The van der Waals surface area contributed by atoms with Crippen LogP contribution >= 0.6 is 0 Å². The Kier molecular flexibility index (Phi) is 3.15. The van der Waals surface area contributed by atoms with Gasteiger partial charge in [-0.3, -0.25) is 4.79 Å². The summed E-state index contributed by atoms with van der Waals surface area (Å²) in [4.78, 5) is 10.7. The molecule has 2 saturated carbocycles. The van der Waals surface area contributed by atoms with Crippen molar-refractivity contribution >= 4 is 5.97 Å². The highest BCUT2D eigenvalue weighted by atomic mass is 16.4. The first-order valence-electron chi connectivity index (χ1n) is 6.54. The number of carboxylic acid groups (broad SMARTS) is 1. The van der Waals surface area contributed by atoms with E-state index in [4.69, 9.17) is 5.11 Å². The Morgan fingerprint density at radius 2 is 2.35 bits per heavy atom. The Bertz CT molecular complexity index is 369. The minimum absolute atomic E-state index is 0.220. The summed E-state index contributed by atoms with van der Waals surface area (Å²) in [6.45, 7) is 8.29. The number of fused-ring (bicyclic) bond motifs is 2. The topological polar surface area (TPSA) is 37.3 Å². The predicted molar refractivity (Wildman–Crippen MR) is 68.6 cm³/mol. The van der Waals surface area contributed by atoms with Crippen LogP contribution in [0.1, 0.15) is 39.5 Å². The van der Waals surface area contributed by atoms with E-state index in [1.165, 1.54) is 24.8 Å². The second-order valence-electron chi connectivity index (χ2n) is 5.91. The normalized spacial score (nSPS) is 37.9. The number of rotatable bonds is 4. The molecule has 0 amide bonds. The molecule has 2 nitrogen and oxygen atoms in total. The highest BCUT2D eigenvalue weighted by Crippen LogP contribution is 2.60. The summed E-state index contributed by atoms with van der Waals surface area (Å²) in [7, 11) is 0. The van der Waals surface area contributed by atoms with Gasteiger partial charge >= 0.3 is 5.97 Å². The first-order chi connectivity index (χ1) is 7.95. The van der Waals surface area contributed by atoms with Crippen molar-refractivity contribution in [3.8, 4) is 0 Å². The van der Waals surface area contributed by atoms with Gasteiger partial charge in [-0.15, -0.1) is 0 Å². The van der Waals surface area contributed by atoms with Crippen molar-refractivity contribution in [1.29, 1.82) is 0 Å². The van der Waals surface area contributed by atoms with E-state index in [1.807, 2.05) is 12.2 Å². The van der Waals surface area contributed by atoms with Crippen LogP contribution in [0.5, 0.6) is 0 Å². The first-order valence-corrected chi connectivity index (χ1v) is 6.54. The van der Waals surface area contributed by atoms with Crippen LogP contribution in [0, 0.1) is 23.2 Å². The molecule has 0 aromatic heterocycles. The molecule has 1 N–H and O–H groups in total. The number of allylic oxidation sites excluding steroid dienone is 2. The number of carboxylic acids is 1. The van der Waals surface area contributed by atoms with Gasteiger partial charge in [0.05, 0.1) is 5.92 Å². The number of hydrogen-bond acceptors (Lipinski definition) is 1. The molecule has 2 rings (SSSR count). The largest absolute Gasteiger partial charge is 0.481 e. The monoisotopic (exact) mass is 234 g/mol. The van der Waals surface area contributed by atoms with E-state index < -0.39 is 5.97 Å². The molecule has 2 bridgehead atoms. The third-order valence-corrected chi connectivity index (χ3v) is 4.92. The Hall–Kier alpha value is -1.05. The quantitative estimate of drug-likeness (QED) is 0.754. The lowest BCUT2D eigenvalue weighted by Crippen LogP contribution is -2.25. The lowest BCUT2D eigenvalue weighted by Gasteiger charge is -2.35. The van der Waals surface area contributed by atoms with Crippen LogP contribution in [-0.2, 0) is 4.79 Å². The molecule has 2 heteroatoms. The maximum atomic E-state index is 10.7. The third kappa shape index (κ3) is 2.05. The molecule has 0 spiro atoms. The molecule has 0 aromatic rings. The molecule has 2 aliphatic carbocycles. The average molecular weight is 234 g/mol. The number of carbonyl (C=O) groups is 1. The van der Waals surface area contributed by atoms with Crippen LogP contribution in [0.4, 0.5) is 0 Å². The molecular weight excluding hydrogens is 212 g/mol. The summed E-state index contributed by atoms with van der Waals surface area (Å²) >= 11 is 0. The van der Waals surface area contributed by atoms with Gasteiger partial charge < -0.3 is 5.11 Å².